The third-order valence-corrected chi connectivity index (χ3v) is 0.169. The molecule has 0 aliphatic carbocycles. The van der Waals surface area contributed by atoms with Gasteiger partial charge in [0.15, 0.2) is 0 Å². The normalized spacial score (nSPS) is 5.50. The molecule has 0 fully saturated rings. The summed E-state index contributed by atoms with van der Waals surface area (Å²) in [6.07, 6.45) is 0. The quantitative estimate of drug-likeness (QED) is 0.278. The van der Waals surface area contributed by atoms with E-state index >= 15 is 0 Å². The Bertz CT molecular complexity index is 46.1. The summed E-state index contributed by atoms with van der Waals surface area (Å²) >= 11 is 4.14. The van der Waals surface area contributed by atoms with Crippen LogP contribution >= 0.6 is 11.9 Å². The van der Waals surface area contributed by atoms with E-state index in [2.05, 4.69) is 16.3 Å². The molecule has 0 amide bonds. The van der Waals surface area contributed by atoms with E-state index < -0.39 is 5.09 Å². The number of halogens is 1. The van der Waals surface area contributed by atoms with Crippen LogP contribution in [0.2, 0.25) is 0 Å². The summed E-state index contributed by atoms with van der Waals surface area (Å²) in [4.78, 5) is 8.82. The molecule has 0 rings (SSSR count). The zero-order valence-corrected chi connectivity index (χ0v) is 2.81. The van der Waals surface area contributed by atoms with E-state index in [0.717, 1.165) is 0 Å². The van der Waals surface area contributed by atoms with E-state index in [0.29, 0.717) is 0 Å². The molecule has 0 aliphatic heterocycles. The third-order valence-electron chi connectivity index (χ3n) is 0.0563. The van der Waals surface area contributed by atoms with Gasteiger partial charge in [-0.05, 0) is 0 Å². The van der Waals surface area contributed by atoms with Crippen molar-refractivity contribution < 1.29 is 9.48 Å². The zero-order chi connectivity index (χ0) is 4.28. The molecular weight excluding hydrogens is 138 g/mol. The maximum atomic E-state index is 8.82. The Balaban J connectivity index is 0. The molecule has 0 spiro atoms. The van der Waals surface area contributed by atoms with Gasteiger partial charge in [-0.1, -0.05) is 0 Å². The fourth-order valence-corrected chi connectivity index (χ4v) is 0. The summed E-state index contributed by atoms with van der Waals surface area (Å²) in [5, 5.41) is 7.71. The van der Waals surface area contributed by atoms with Gasteiger partial charge >= 0.3 is 42.8 Å². The van der Waals surface area contributed by atoms with Gasteiger partial charge in [0.25, 0.3) is 0 Å². The molecule has 0 saturated carbocycles. The Morgan fingerprint density at radius 3 is 2.00 bits per heavy atom. The van der Waals surface area contributed by atoms with E-state index in [9.17, 15) is 0 Å². The molecule has 6 heavy (non-hydrogen) atoms. The van der Waals surface area contributed by atoms with Gasteiger partial charge in [0.2, 0.25) is 0 Å². The van der Waals surface area contributed by atoms with E-state index in [1.807, 2.05) is 0 Å². The van der Waals surface area contributed by atoms with Gasteiger partial charge in [0.1, 0.15) is 11.9 Å². The predicted molar refractivity (Wildman–Crippen MR) is 22.5 cm³/mol. The Labute approximate surface area is 68.7 Å². The molecule has 0 unspecified atom stereocenters. The summed E-state index contributed by atoms with van der Waals surface area (Å²) < 4.78 is 2.94. The topological polar surface area (TPSA) is 52.4 Å². The van der Waals surface area contributed by atoms with Crippen LogP contribution in [0.25, 0.3) is 0 Å². The SMILES string of the molecule is O=[N+]([O-])OCl.[CaH2]. The Kier molecular flexibility index (Phi) is 9.48. The van der Waals surface area contributed by atoms with Crippen LogP contribution in [0.15, 0.2) is 0 Å². The van der Waals surface area contributed by atoms with Gasteiger partial charge in [0, 0.05) is 0 Å². The molecule has 34 valence electrons. The number of nitrogens with zero attached hydrogens (tertiary/aromatic N) is 1. The summed E-state index contributed by atoms with van der Waals surface area (Å²) in [7, 11) is 0. The van der Waals surface area contributed by atoms with Crippen LogP contribution in [-0.4, -0.2) is 42.8 Å². The standard InChI is InChI=1S/Ca.ClNO3.2H/c;1-5-2(3)4;;. The first kappa shape index (κ1) is 9.89. The van der Waals surface area contributed by atoms with Crippen molar-refractivity contribution >= 4 is 49.6 Å². The van der Waals surface area contributed by atoms with E-state index in [1.165, 1.54) is 0 Å². The van der Waals surface area contributed by atoms with Crippen LogP contribution in [0, 0.1) is 10.1 Å². The van der Waals surface area contributed by atoms with Gasteiger partial charge in [-0.2, -0.15) is 4.39 Å². The molecule has 0 saturated heterocycles. The van der Waals surface area contributed by atoms with Gasteiger partial charge in [-0.3, -0.25) is 0 Å². The van der Waals surface area contributed by atoms with E-state index in [-0.39, 0.29) is 37.7 Å². The van der Waals surface area contributed by atoms with Crippen molar-refractivity contribution in [2.24, 2.45) is 0 Å². The average Bonchev–Trinajstić information content (AvgIpc) is 1.38. The molecule has 0 aromatic rings. The zero-order valence-electron chi connectivity index (χ0n) is 2.05. The predicted octanol–water partition coefficient (Wildman–Crippen LogP) is -0.568. The number of hydrogen-bond acceptors (Lipinski definition) is 3. The molecule has 0 atom stereocenters. The molecule has 0 aromatic carbocycles. The summed E-state index contributed by atoms with van der Waals surface area (Å²) in [6.45, 7) is 0. The first-order valence-electron chi connectivity index (χ1n) is 0.702. The Morgan fingerprint density at radius 2 is 2.00 bits per heavy atom. The van der Waals surface area contributed by atoms with Crippen molar-refractivity contribution in [1.29, 1.82) is 0 Å². The van der Waals surface area contributed by atoms with Gasteiger partial charge in [-0.25, -0.2) is 0 Å². The molecule has 0 N–H and O–H groups in total. The van der Waals surface area contributed by atoms with Gasteiger partial charge < -0.3 is 0 Å². The van der Waals surface area contributed by atoms with E-state index in [1.54, 1.807) is 0 Å². The molecule has 0 aliphatic rings. The fourth-order valence-electron chi connectivity index (χ4n) is 0. The summed E-state index contributed by atoms with van der Waals surface area (Å²) in [6, 6.07) is 0. The first-order valence-corrected chi connectivity index (χ1v) is 1.01. The van der Waals surface area contributed by atoms with Crippen molar-refractivity contribution in [3.05, 3.63) is 10.1 Å². The first-order chi connectivity index (χ1) is 2.27. The second-order valence-corrected chi connectivity index (χ2v) is 0.431. The number of hydrogen-bond donors (Lipinski definition) is 0. The monoisotopic (exact) mass is 139 g/mol. The average molecular weight is 140 g/mol. The Morgan fingerprint density at radius 1 is 1.83 bits per heavy atom. The number of rotatable bonds is 1. The Hall–Kier alpha value is 0.750. The van der Waals surface area contributed by atoms with Crippen LogP contribution < -0.4 is 0 Å². The molecule has 0 radical (unpaired) electrons. The molecular formula is H2CaClNO3. The minimum absolute atomic E-state index is 0. The maximum absolute atomic E-state index is 8.82. The van der Waals surface area contributed by atoms with Crippen molar-refractivity contribution in [3.63, 3.8) is 0 Å². The van der Waals surface area contributed by atoms with Crippen LogP contribution in [0.3, 0.4) is 0 Å². The molecule has 0 bridgehead atoms. The van der Waals surface area contributed by atoms with Crippen molar-refractivity contribution in [3.8, 4) is 0 Å². The molecule has 0 aromatic heterocycles. The summed E-state index contributed by atoms with van der Waals surface area (Å²) in [5.74, 6) is 0. The van der Waals surface area contributed by atoms with Crippen molar-refractivity contribution in [1.82, 2.24) is 0 Å². The van der Waals surface area contributed by atoms with Gasteiger partial charge in [0.05, 0.1) is 0 Å². The second kappa shape index (κ2) is 5.75. The second-order valence-electron chi connectivity index (χ2n) is 0.293. The van der Waals surface area contributed by atoms with Crippen LogP contribution in [-0.2, 0) is 4.39 Å². The fraction of sp³-hybridized carbons (Fsp3) is 0. The van der Waals surface area contributed by atoms with Crippen molar-refractivity contribution in [2.75, 3.05) is 0 Å². The van der Waals surface area contributed by atoms with Crippen LogP contribution in [0.5, 0.6) is 0 Å². The third kappa shape index (κ3) is 8.83. The van der Waals surface area contributed by atoms with Gasteiger partial charge in [-0.15, -0.1) is 10.1 Å². The van der Waals surface area contributed by atoms with E-state index in [4.69, 9.17) is 10.1 Å². The van der Waals surface area contributed by atoms with Crippen LogP contribution in [0.1, 0.15) is 0 Å². The molecule has 6 heteroatoms. The minimum atomic E-state index is -1.11. The molecule has 0 heterocycles. The van der Waals surface area contributed by atoms with Crippen LogP contribution in [0.4, 0.5) is 0 Å². The summed E-state index contributed by atoms with van der Waals surface area (Å²) in [5.41, 5.74) is 0. The van der Waals surface area contributed by atoms with Crippen molar-refractivity contribution in [2.45, 2.75) is 0 Å². The molecule has 4 nitrogen and oxygen atoms in total.